The minimum atomic E-state index is -3.57. The standard InChI is InChI=1S/C18H27N3O3S/c1-13-6-7-16(25(23,24)21-10-4-3-5-14(21)2)11-17(13)18(22)20-15-8-9-19-12-15/h6-7,11,14-15,19H,3-5,8-10,12H2,1-2H3,(H,20,22). The van der Waals surface area contributed by atoms with Crippen molar-refractivity contribution in [3.63, 3.8) is 0 Å². The van der Waals surface area contributed by atoms with Crippen LogP contribution in [-0.4, -0.2) is 50.3 Å². The maximum atomic E-state index is 13.0. The lowest BCUT2D eigenvalue weighted by Crippen LogP contribution is -2.42. The van der Waals surface area contributed by atoms with Crippen molar-refractivity contribution in [2.75, 3.05) is 19.6 Å². The molecule has 2 aliphatic heterocycles. The molecule has 138 valence electrons. The van der Waals surface area contributed by atoms with Crippen LogP contribution in [0.2, 0.25) is 0 Å². The van der Waals surface area contributed by atoms with Crippen LogP contribution in [0.3, 0.4) is 0 Å². The second-order valence-electron chi connectivity index (χ2n) is 7.10. The Labute approximate surface area is 150 Å². The lowest BCUT2D eigenvalue weighted by atomic mass is 10.1. The Morgan fingerprint density at radius 1 is 1.28 bits per heavy atom. The highest BCUT2D eigenvalue weighted by Crippen LogP contribution is 2.26. The Morgan fingerprint density at radius 3 is 2.76 bits per heavy atom. The van der Waals surface area contributed by atoms with E-state index < -0.39 is 10.0 Å². The summed E-state index contributed by atoms with van der Waals surface area (Å²) in [7, 11) is -3.57. The summed E-state index contributed by atoms with van der Waals surface area (Å²) in [5.41, 5.74) is 1.23. The number of aryl methyl sites for hydroxylation is 1. The molecule has 0 aliphatic carbocycles. The predicted molar refractivity (Wildman–Crippen MR) is 97.1 cm³/mol. The highest BCUT2D eigenvalue weighted by Gasteiger charge is 2.31. The molecule has 2 saturated heterocycles. The van der Waals surface area contributed by atoms with Crippen LogP contribution in [0.15, 0.2) is 23.1 Å². The maximum absolute atomic E-state index is 13.0. The molecule has 7 heteroatoms. The van der Waals surface area contributed by atoms with Crippen LogP contribution in [0.25, 0.3) is 0 Å². The van der Waals surface area contributed by atoms with Crippen LogP contribution in [0.1, 0.15) is 48.5 Å². The normalized spacial score (nSPS) is 25.0. The summed E-state index contributed by atoms with van der Waals surface area (Å²) in [5.74, 6) is -0.199. The summed E-state index contributed by atoms with van der Waals surface area (Å²) in [6.07, 6.45) is 3.73. The van der Waals surface area contributed by atoms with Crippen LogP contribution < -0.4 is 10.6 Å². The molecule has 2 fully saturated rings. The molecular weight excluding hydrogens is 338 g/mol. The minimum absolute atomic E-state index is 0.00175. The first-order valence-corrected chi connectivity index (χ1v) is 10.5. The molecule has 0 aromatic heterocycles. The van der Waals surface area contributed by atoms with Crippen molar-refractivity contribution >= 4 is 15.9 Å². The zero-order chi connectivity index (χ0) is 18.0. The number of sulfonamides is 1. The van der Waals surface area contributed by atoms with Gasteiger partial charge in [-0.25, -0.2) is 8.42 Å². The fraction of sp³-hybridized carbons (Fsp3) is 0.611. The van der Waals surface area contributed by atoms with Crippen molar-refractivity contribution in [1.82, 2.24) is 14.9 Å². The summed E-state index contributed by atoms with van der Waals surface area (Å²) in [5, 5.41) is 6.20. The van der Waals surface area contributed by atoms with Gasteiger partial charge in [0, 0.05) is 30.7 Å². The van der Waals surface area contributed by atoms with Gasteiger partial charge in [-0.1, -0.05) is 12.5 Å². The third-order valence-electron chi connectivity index (χ3n) is 5.20. The van der Waals surface area contributed by atoms with Crippen LogP contribution in [0.4, 0.5) is 0 Å². The molecule has 2 heterocycles. The quantitative estimate of drug-likeness (QED) is 0.850. The van der Waals surface area contributed by atoms with Crippen molar-refractivity contribution in [1.29, 1.82) is 0 Å². The summed E-state index contributed by atoms with van der Waals surface area (Å²) >= 11 is 0. The molecule has 25 heavy (non-hydrogen) atoms. The number of nitrogens with one attached hydrogen (secondary N) is 2. The van der Waals surface area contributed by atoms with Crippen LogP contribution in [0, 0.1) is 6.92 Å². The number of hydrogen-bond donors (Lipinski definition) is 2. The van der Waals surface area contributed by atoms with Gasteiger partial charge in [0.25, 0.3) is 5.91 Å². The topological polar surface area (TPSA) is 78.5 Å². The molecule has 6 nitrogen and oxygen atoms in total. The highest BCUT2D eigenvalue weighted by atomic mass is 32.2. The Morgan fingerprint density at radius 2 is 2.08 bits per heavy atom. The van der Waals surface area contributed by atoms with E-state index in [9.17, 15) is 13.2 Å². The molecule has 3 rings (SSSR count). The molecule has 2 atom stereocenters. The number of carbonyl (C=O) groups is 1. The molecule has 2 aliphatic rings. The molecule has 0 spiro atoms. The first-order chi connectivity index (χ1) is 11.9. The number of carbonyl (C=O) groups excluding carboxylic acids is 1. The number of amides is 1. The van der Waals surface area contributed by atoms with Crippen LogP contribution in [0.5, 0.6) is 0 Å². The Bertz CT molecular complexity index is 742. The Hall–Kier alpha value is -1.44. The largest absolute Gasteiger partial charge is 0.348 e. The fourth-order valence-corrected chi connectivity index (χ4v) is 5.34. The molecule has 0 radical (unpaired) electrons. The molecule has 1 aromatic rings. The first kappa shape index (κ1) is 18.4. The average Bonchev–Trinajstić information content (AvgIpc) is 3.08. The lowest BCUT2D eigenvalue weighted by molar-refractivity contribution is 0.0939. The van der Waals surface area contributed by atoms with Gasteiger partial charge >= 0.3 is 0 Å². The van der Waals surface area contributed by atoms with E-state index in [1.165, 1.54) is 6.07 Å². The van der Waals surface area contributed by atoms with Gasteiger partial charge in [-0.2, -0.15) is 4.31 Å². The molecule has 2 unspecified atom stereocenters. The van der Waals surface area contributed by atoms with Crippen molar-refractivity contribution in [2.45, 2.75) is 56.5 Å². The zero-order valence-electron chi connectivity index (χ0n) is 14.9. The summed E-state index contributed by atoms with van der Waals surface area (Å²) < 4.78 is 27.6. The fourth-order valence-electron chi connectivity index (χ4n) is 3.61. The van der Waals surface area contributed by atoms with Crippen molar-refractivity contribution in [3.8, 4) is 0 Å². The molecular formula is C18H27N3O3S. The number of nitrogens with zero attached hydrogens (tertiary/aromatic N) is 1. The second-order valence-corrected chi connectivity index (χ2v) is 8.99. The molecule has 1 amide bonds. The van der Waals surface area contributed by atoms with E-state index in [4.69, 9.17) is 0 Å². The highest BCUT2D eigenvalue weighted by molar-refractivity contribution is 7.89. The third-order valence-corrected chi connectivity index (χ3v) is 7.21. The number of benzene rings is 1. The van der Waals surface area contributed by atoms with E-state index >= 15 is 0 Å². The first-order valence-electron chi connectivity index (χ1n) is 9.03. The van der Waals surface area contributed by atoms with Gasteiger partial charge in [-0.05, 0) is 57.4 Å². The van der Waals surface area contributed by atoms with E-state index in [1.54, 1.807) is 16.4 Å². The Kier molecular flexibility index (Phi) is 5.46. The van der Waals surface area contributed by atoms with Gasteiger partial charge in [-0.3, -0.25) is 4.79 Å². The minimum Gasteiger partial charge on any atom is -0.348 e. The monoisotopic (exact) mass is 365 g/mol. The van der Waals surface area contributed by atoms with Crippen molar-refractivity contribution in [2.24, 2.45) is 0 Å². The van der Waals surface area contributed by atoms with Gasteiger partial charge in [-0.15, -0.1) is 0 Å². The molecule has 1 aromatic carbocycles. The molecule has 2 N–H and O–H groups in total. The predicted octanol–water partition coefficient (Wildman–Crippen LogP) is 1.65. The number of piperidine rings is 1. The van der Waals surface area contributed by atoms with E-state index in [0.29, 0.717) is 12.1 Å². The van der Waals surface area contributed by atoms with Gasteiger partial charge in [0.2, 0.25) is 10.0 Å². The van der Waals surface area contributed by atoms with Crippen LogP contribution >= 0.6 is 0 Å². The van der Waals surface area contributed by atoms with Crippen LogP contribution in [-0.2, 0) is 10.0 Å². The second kappa shape index (κ2) is 7.43. The van der Waals surface area contributed by atoms with Gasteiger partial charge in [0.05, 0.1) is 4.90 Å². The number of rotatable bonds is 4. The zero-order valence-corrected chi connectivity index (χ0v) is 15.7. The maximum Gasteiger partial charge on any atom is 0.251 e. The number of hydrogen-bond acceptors (Lipinski definition) is 4. The SMILES string of the molecule is Cc1ccc(S(=O)(=O)N2CCCCC2C)cc1C(=O)NC1CCNC1. The Balaban J connectivity index is 1.86. The van der Waals surface area contributed by atoms with E-state index in [0.717, 1.165) is 44.3 Å². The molecule has 0 saturated carbocycles. The smallest absolute Gasteiger partial charge is 0.251 e. The van der Waals surface area contributed by atoms with Crippen molar-refractivity contribution in [3.05, 3.63) is 29.3 Å². The van der Waals surface area contributed by atoms with Gasteiger partial charge in [0.15, 0.2) is 0 Å². The van der Waals surface area contributed by atoms with Gasteiger partial charge < -0.3 is 10.6 Å². The average molecular weight is 365 g/mol. The summed E-state index contributed by atoms with van der Waals surface area (Å²) in [4.78, 5) is 12.8. The molecule has 0 bridgehead atoms. The third kappa shape index (κ3) is 3.88. The van der Waals surface area contributed by atoms with Gasteiger partial charge in [0.1, 0.15) is 0 Å². The summed E-state index contributed by atoms with van der Waals surface area (Å²) in [6.45, 7) is 5.99. The van der Waals surface area contributed by atoms with Crippen molar-refractivity contribution < 1.29 is 13.2 Å². The van der Waals surface area contributed by atoms with E-state index in [-0.39, 0.29) is 22.9 Å². The van der Waals surface area contributed by atoms with E-state index in [1.807, 2.05) is 13.8 Å². The van der Waals surface area contributed by atoms with E-state index in [2.05, 4.69) is 10.6 Å². The lowest BCUT2D eigenvalue weighted by Gasteiger charge is -2.32. The summed E-state index contributed by atoms with van der Waals surface area (Å²) in [6, 6.07) is 4.98.